The molecule has 1 atom stereocenters. The molecule has 0 fully saturated rings. The highest BCUT2D eigenvalue weighted by molar-refractivity contribution is 5.90. The number of carbonyl (C=O) groups excluding carboxylic acids is 2. The zero-order chi connectivity index (χ0) is 27.4. The minimum Gasteiger partial charge on any atom is -0.487 e. The molecule has 9 nitrogen and oxygen atoms in total. The first-order valence-electron chi connectivity index (χ1n) is 12.7. The predicted octanol–water partition coefficient (Wildman–Crippen LogP) is 3.59. The molecule has 0 aliphatic carbocycles. The van der Waals surface area contributed by atoms with Gasteiger partial charge in [-0.25, -0.2) is 4.79 Å². The Morgan fingerprint density at radius 3 is 2.58 bits per heavy atom. The van der Waals surface area contributed by atoms with Crippen molar-refractivity contribution in [1.82, 2.24) is 10.6 Å². The van der Waals surface area contributed by atoms with Crippen LogP contribution in [0.25, 0.3) is 11.0 Å². The summed E-state index contributed by atoms with van der Waals surface area (Å²) in [5.74, 6) is -1.24. The molecule has 1 aromatic heterocycles. The molecule has 38 heavy (non-hydrogen) atoms. The van der Waals surface area contributed by atoms with E-state index < -0.39 is 29.5 Å². The van der Waals surface area contributed by atoms with Gasteiger partial charge in [-0.3, -0.25) is 14.4 Å². The number of ether oxygens (including phenoxy) is 1. The van der Waals surface area contributed by atoms with Gasteiger partial charge in [-0.15, -0.1) is 0 Å². The normalized spacial score (nSPS) is 14.7. The monoisotopic (exact) mass is 520 g/mol. The largest absolute Gasteiger partial charge is 0.487 e. The van der Waals surface area contributed by atoms with Gasteiger partial charge in [0.2, 0.25) is 11.8 Å². The van der Waals surface area contributed by atoms with Crippen molar-refractivity contribution in [1.29, 1.82) is 0 Å². The molecular formula is C29H32N2O7. The van der Waals surface area contributed by atoms with Gasteiger partial charge in [0.1, 0.15) is 23.0 Å². The lowest BCUT2D eigenvalue weighted by Crippen LogP contribution is -2.41. The number of aryl methyl sites for hydroxylation is 2. The van der Waals surface area contributed by atoms with E-state index in [0.29, 0.717) is 22.5 Å². The number of carboxylic acids is 1. The second kappa shape index (κ2) is 11.1. The van der Waals surface area contributed by atoms with E-state index >= 15 is 0 Å². The van der Waals surface area contributed by atoms with Crippen molar-refractivity contribution in [3.63, 3.8) is 0 Å². The van der Waals surface area contributed by atoms with E-state index in [2.05, 4.69) is 10.6 Å². The maximum absolute atomic E-state index is 13.1. The van der Waals surface area contributed by atoms with Gasteiger partial charge in [-0.2, -0.15) is 0 Å². The van der Waals surface area contributed by atoms with Crippen LogP contribution >= 0.6 is 0 Å². The van der Waals surface area contributed by atoms with Crippen LogP contribution < -0.4 is 21.0 Å². The number of aliphatic carboxylic acids is 1. The van der Waals surface area contributed by atoms with Crippen LogP contribution in [-0.4, -0.2) is 35.0 Å². The SMILES string of the molecule is Cc1c(CC(=O)N[C@H](C(=O)NCCCC(=O)O)c2ccccc2)c(=O)oc2cc3c(cc12)CCC(C)(C)O3. The maximum atomic E-state index is 13.1. The second-order valence-electron chi connectivity index (χ2n) is 10.2. The van der Waals surface area contributed by atoms with Crippen LogP contribution in [0.2, 0.25) is 0 Å². The van der Waals surface area contributed by atoms with Crippen molar-refractivity contribution in [2.45, 2.75) is 64.5 Å². The highest BCUT2D eigenvalue weighted by Crippen LogP contribution is 2.36. The molecule has 2 heterocycles. The van der Waals surface area contributed by atoms with Crippen LogP contribution in [0.1, 0.15) is 61.4 Å². The lowest BCUT2D eigenvalue weighted by atomic mass is 9.92. The molecule has 9 heteroatoms. The van der Waals surface area contributed by atoms with Crippen LogP contribution in [0.4, 0.5) is 0 Å². The fourth-order valence-corrected chi connectivity index (χ4v) is 4.61. The predicted molar refractivity (Wildman–Crippen MR) is 141 cm³/mol. The summed E-state index contributed by atoms with van der Waals surface area (Å²) in [5.41, 5.74) is 1.94. The Labute approximate surface area is 220 Å². The van der Waals surface area contributed by atoms with E-state index in [4.69, 9.17) is 14.3 Å². The first kappa shape index (κ1) is 26.9. The third kappa shape index (κ3) is 6.22. The Morgan fingerprint density at radius 2 is 1.87 bits per heavy atom. The molecule has 3 aromatic rings. The number of benzene rings is 2. The van der Waals surface area contributed by atoms with Crippen LogP contribution in [0, 0.1) is 6.92 Å². The Hall–Kier alpha value is -4.14. The van der Waals surface area contributed by atoms with Crippen molar-refractivity contribution in [3.05, 3.63) is 75.1 Å². The summed E-state index contributed by atoms with van der Waals surface area (Å²) < 4.78 is 11.7. The fourth-order valence-electron chi connectivity index (χ4n) is 4.61. The van der Waals surface area contributed by atoms with E-state index in [0.717, 1.165) is 23.8 Å². The Morgan fingerprint density at radius 1 is 1.13 bits per heavy atom. The molecule has 0 saturated heterocycles. The number of rotatable bonds is 9. The van der Waals surface area contributed by atoms with Crippen molar-refractivity contribution >= 4 is 28.8 Å². The van der Waals surface area contributed by atoms with Gasteiger partial charge < -0.3 is 24.9 Å². The summed E-state index contributed by atoms with van der Waals surface area (Å²) in [7, 11) is 0. The third-order valence-electron chi connectivity index (χ3n) is 6.76. The molecule has 2 amide bonds. The van der Waals surface area contributed by atoms with Gasteiger partial charge in [0, 0.05) is 24.4 Å². The number of carboxylic acid groups (broad SMARTS) is 1. The van der Waals surface area contributed by atoms with Crippen LogP contribution in [0.15, 0.2) is 51.7 Å². The van der Waals surface area contributed by atoms with Crippen LogP contribution in [-0.2, 0) is 27.2 Å². The van der Waals surface area contributed by atoms with E-state index in [1.807, 2.05) is 19.9 Å². The molecule has 200 valence electrons. The highest BCUT2D eigenvalue weighted by atomic mass is 16.5. The van der Waals surface area contributed by atoms with E-state index in [9.17, 15) is 19.2 Å². The molecule has 3 N–H and O–H groups in total. The molecule has 2 aromatic carbocycles. The average molecular weight is 521 g/mol. The lowest BCUT2D eigenvalue weighted by molar-refractivity contribution is -0.137. The maximum Gasteiger partial charge on any atom is 0.340 e. The Balaban J connectivity index is 1.55. The Kier molecular flexibility index (Phi) is 7.85. The van der Waals surface area contributed by atoms with Gasteiger partial charge in [-0.1, -0.05) is 30.3 Å². The van der Waals surface area contributed by atoms with Crippen molar-refractivity contribution < 1.29 is 28.6 Å². The summed E-state index contributed by atoms with van der Waals surface area (Å²) in [6, 6.07) is 11.4. The van der Waals surface area contributed by atoms with Gasteiger partial charge in [-0.05, 0) is 62.8 Å². The number of nitrogens with one attached hydrogen (secondary N) is 2. The molecule has 0 unspecified atom stereocenters. The van der Waals surface area contributed by atoms with Crippen molar-refractivity contribution in [3.8, 4) is 5.75 Å². The summed E-state index contributed by atoms with van der Waals surface area (Å²) >= 11 is 0. The minimum atomic E-state index is -1.01. The van der Waals surface area contributed by atoms with Crippen LogP contribution in [0.3, 0.4) is 0 Å². The zero-order valence-corrected chi connectivity index (χ0v) is 21.8. The first-order valence-corrected chi connectivity index (χ1v) is 12.7. The zero-order valence-electron chi connectivity index (χ0n) is 21.8. The minimum absolute atomic E-state index is 0.0766. The standard InChI is InChI=1S/C29H32N2O7/c1-17-20-14-19-11-12-29(2,3)38-22(19)16-23(20)37-28(36)21(17)15-24(32)31-26(18-8-5-4-6-9-18)27(35)30-13-7-10-25(33)34/h4-6,8-9,14,16,26H,7,10-13,15H2,1-3H3,(H,30,35)(H,31,32)(H,33,34)/t26-/m0/s1. The van der Waals surface area contributed by atoms with Crippen molar-refractivity contribution in [2.75, 3.05) is 6.54 Å². The molecule has 1 aliphatic heterocycles. The summed E-state index contributed by atoms with van der Waals surface area (Å²) in [5, 5.41) is 14.9. The van der Waals surface area contributed by atoms with Gasteiger partial charge in [0.05, 0.1) is 12.0 Å². The summed E-state index contributed by atoms with van der Waals surface area (Å²) in [6.07, 6.45) is 1.61. The smallest absolute Gasteiger partial charge is 0.340 e. The molecule has 0 spiro atoms. The van der Waals surface area contributed by atoms with Crippen LogP contribution in [0.5, 0.6) is 5.75 Å². The van der Waals surface area contributed by atoms with Crippen molar-refractivity contribution in [2.24, 2.45) is 0 Å². The number of amides is 2. The summed E-state index contributed by atoms with van der Waals surface area (Å²) in [6.45, 7) is 5.97. The van der Waals surface area contributed by atoms with Gasteiger partial charge in [0.15, 0.2) is 0 Å². The molecule has 0 bridgehead atoms. The number of fused-ring (bicyclic) bond motifs is 2. The van der Waals surface area contributed by atoms with Gasteiger partial charge in [0.25, 0.3) is 0 Å². The number of hydrogen-bond acceptors (Lipinski definition) is 6. The molecule has 0 saturated carbocycles. The molecule has 4 rings (SSSR count). The average Bonchev–Trinajstić information content (AvgIpc) is 2.86. The van der Waals surface area contributed by atoms with E-state index in [-0.39, 0.29) is 37.0 Å². The topological polar surface area (TPSA) is 135 Å². The Bertz CT molecular complexity index is 1430. The number of hydrogen-bond donors (Lipinski definition) is 3. The van der Waals surface area contributed by atoms with E-state index in [1.165, 1.54) is 0 Å². The van der Waals surface area contributed by atoms with Gasteiger partial charge >= 0.3 is 11.6 Å². The second-order valence-corrected chi connectivity index (χ2v) is 10.2. The molecule has 0 radical (unpaired) electrons. The highest BCUT2D eigenvalue weighted by Gasteiger charge is 2.28. The van der Waals surface area contributed by atoms with E-state index in [1.54, 1.807) is 43.3 Å². The molecule has 1 aliphatic rings. The molecular weight excluding hydrogens is 488 g/mol. The first-order chi connectivity index (χ1) is 18.0. The fraction of sp³-hybridized carbons (Fsp3) is 0.379. The summed E-state index contributed by atoms with van der Waals surface area (Å²) in [4.78, 5) is 49.6. The number of carbonyl (C=O) groups is 3. The lowest BCUT2D eigenvalue weighted by Gasteiger charge is -2.32. The third-order valence-corrected chi connectivity index (χ3v) is 6.76. The quantitative estimate of drug-likeness (QED) is 0.290.